The second-order valence-corrected chi connectivity index (χ2v) is 29.8. The Hall–Kier alpha value is -7.84. The molecule has 2 aromatic carbocycles. The molecule has 8 rings (SSSR count). The number of likely N-dealkylation sites (N-methyl/N-ethyl adjacent to an activating group) is 6. The number of halogens is 4. The Morgan fingerprint density at radius 1 is 0.663 bits per heavy atom. The molecule has 0 bridgehead atoms. The van der Waals surface area contributed by atoms with Gasteiger partial charge in [0.1, 0.15) is 59.9 Å². The van der Waals surface area contributed by atoms with Crippen LogP contribution in [-0.2, 0) is 76.6 Å². The molecule has 3 aliphatic carbocycles. The van der Waals surface area contributed by atoms with Crippen LogP contribution in [0.15, 0.2) is 42.5 Å². The number of hydrogen-bond acceptors (Lipinski definition) is 12. The minimum absolute atomic E-state index is 0.0238. The van der Waals surface area contributed by atoms with Crippen molar-refractivity contribution in [2.45, 2.75) is 229 Å². The van der Waals surface area contributed by atoms with Gasteiger partial charge in [0.2, 0.25) is 70.9 Å². The number of nitrogens with zero attached hydrogens (tertiary/aromatic N) is 8. The summed E-state index contributed by atoms with van der Waals surface area (Å²) < 4.78 is 41.6. The van der Waals surface area contributed by atoms with Crippen LogP contribution in [0.5, 0.6) is 0 Å². The van der Waals surface area contributed by atoms with Crippen LogP contribution in [0, 0.1) is 24.7 Å². The summed E-state index contributed by atoms with van der Waals surface area (Å²) in [6.45, 7) is 6.41. The number of carbonyl (C=O) groups excluding carboxylic acids is 12. The molecule has 0 radical (unpaired) electrons. The minimum atomic E-state index is -4.77. The van der Waals surface area contributed by atoms with Gasteiger partial charge >= 0.3 is 6.18 Å². The lowest BCUT2D eigenvalue weighted by molar-refractivity contribution is -0.157. The van der Waals surface area contributed by atoms with Gasteiger partial charge in [0.15, 0.2) is 0 Å². The van der Waals surface area contributed by atoms with E-state index in [4.69, 9.17) is 11.6 Å². The number of alkyl halides is 3. The van der Waals surface area contributed by atoms with Crippen molar-refractivity contribution in [1.29, 1.82) is 0 Å². The Labute approximate surface area is 596 Å². The molecule has 12 amide bonds. The molecule has 101 heavy (non-hydrogen) atoms. The molecule has 6 fully saturated rings. The molecule has 3 saturated carbocycles. The number of aryl methyl sites for hydroxylation is 2. The zero-order valence-corrected chi connectivity index (χ0v) is 61.2. The summed E-state index contributed by atoms with van der Waals surface area (Å²) in [5.74, 6) is -8.88. The fourth-order valence-electron chi connectivity index (χ4n) is 15.6. The Kier molecular flexibility index (Phi) is 26.5. The first kappa shape index (κ1) is 78.9. The molecule has 1 spiro atoms. The largest absolute Gasteiger partial charge is 0.417 e. The average Bonchev–Trinajstić information content (AvgIpc) is 1.76. The van der Waals surface area contributed by atoms with Crippen LogP contribution in [0.4, 0.5) is 13.2 Å². The van der Waals surface area contributed by atoms with E-state index in [-0.39, 0.29) is 75.9 Å². The lowest BCUT2D eigenvalue weighted by Crippen LogP contribution is -2.65. The fourth-order valence-corrected chi connectivity index (χ4v) is 16.0. The molecule has 3 heterocycles. The summed E-state index contributed by atoms with van der Waals surface area (Å²) >= 11 is 6.16. The topological polar surface area (TPSA) is 279 Å². The van der Waals surface area contributed by atoms with Gasteiger partial charge in [-0.05, 0) is 119 Å². The average molecular weight is 1430 g/mol. The number of carbonyl (C=O) groups is 12. The van der Waals surface area contributed by atoms with Crippen molar-refractivity contribution >= 4 is 82.5 Å². The SMILES string of the molecule is CC[C@H](C)[C@@H]1NC(=O)[C@H](CC2CCCC2)N(C)C(=O)C[C@@H](C(=O)N(C)C)N(C)C(=O)[C@H](C2CCCC2)N(C)C(=O)C2(CCCC2)NC(=O)[C@@H]2CCCN2C(=O)[C@H](CCc2ccc(C(F)(F)F)c(Cl)c2)NC(=O)CN(C)C(=O)[C@H](Cc2ccc(C)cc2)N(C)C(=O)[C@@H]2CCN2C(=O)[C@H](C)NC1=O. The van der Waals surface area contributed by atoms with Crippen molar-refractivity contribution in [3.63, 3.8) is 0 Å². The van der Waals surface area contributed by atoms with Crippen molar-refractivity contribution in [3.05, 3.63) is 69.7 Å². The summed E-state index contributed by atoms with van der Waals surface area (Å²) in [7, 11) is 10.1. The normalized spacial score (nSPS) is 27.3. The van der Waals surface area contributed by atoms with Gasteiger partial charge in [-0.25, -0.2) is 0 Å². The van der Waals surface area contributed by atoms with Gasteiger partial charge in [-0.15, -0.1) is 0 Å². The zero-order chi connectivity index (χ0) is 74.1. The van der Waals surface area contributed by atoms with Crippen molar-refractivity contribution in [3.8, 4) is 0 Å². The fraction of sp³-hybridized carbons (Fsp3) is 0.671. The van der Waals surface area contributed by atoms with Gasteiger partial charge in [-0.1, -0.05) is 119 Å². The van der Waals surface area contributed by atoms with Crippen LogP contribution < -0.4 is 21.3 Å². The molecule has 4 N–H and O–H groups in total. The summed E-state index contributed by atoms with van der Waals surface area (Å²) in [5, 5.41) is 10.9. The Morgan fingerprint density at radius 2 is 1.29 bits per heavy atom. The van der Waals surface area contributed by atoms with E-state index in [1.54, 1.807) is 19.1 Å². The predicted octanol–water partition coefficient (Wildman–Crippen LogP) is 5.41. The van der Waals surface area contributed by atoms with Crippen LogP contribution in [0.3, 0.4) is 0 Å². The highest BCUT2D eigenvalue weighted by Gasteiger charge is 2.52. The van der Waals surface area contributed by atoms with Crippen molar-refractivity contribution in [1.82, 2.24) is 60.5 Å². The monoisotopic (exact) mass is 1430 g/mol. The predicted molar refractivity (Wildman–Crippen MR) is 370 cm³/mol. The van der Waals surface area contributed by atoms with E-state index in [0.717, 1.165) is 61.1 Å². The Bertz CT molecular complexity index is 3400. The quantitative estimate of drug-likeness (QED) is 0.220. The number of hydrogen-bond donors (Lipinski definition) is 4. The Morgan fingerprint density at radius 3 is 1.88 bits per heavy atom. The first-order valence-electron chi connectivity index (χ1n) is 35.9. The third-order valence-corrected chi connectivity index (χ3v) is 22.5. The highest BCUT2D eigenvalue weighted by molar-refractivity contribution is 6.31. The number of nitrogens with one attached hydrogen (secondary N) is 4. The van der Waals surface area contributed by atoms with E-state index < -0.39 is 172 Å². The van der Waals surface area contributed by atoms with Crippen LogP contribution in [-0.4, -0.2) is 239 Å². The highest BCUT2D eigenvalue weighted by atomic mass is 35.5. The lowest BCUT2D eigenvalue weighted by Gasteiger charge is -2.44. The van der Waals surface area contributed by atoms with E-state index in [9.17, 15) is 46.7 Å². The van der Waals surface area contributed by atoms with Gasteiger partial charge in [0.25, 0.3) is 0 Å². The van der Waals surface area contributed by atoms with E-state index in [0.29, 0.717) is 44.1 Å². The van der Waals surface area contributed by atoms with E-state index in [2.05, 4.69) is 21.3 Å². The molecular weight excluding hydrogens is 1330 g/mol. The van der Waals surface area contributed by atoms with Crippen LogP contribution >= 0.6 is 11.6 Å². The summed E-state index contributed by atoms with van der Waals surface area (Å²) in [4.78, 5) is 189. The smallest absolute Gasteiger partial charge is 0.347 e. The second-order valence-electron chi connectivity index (χ2n) is 29.4. The second kappa shape index (κ2) is 34.0. The number of fused-ring (bicyclic) bond motifs is 2. The van der Waals surface area contributed by atoms with E-state index in [1.807, 2.05) is 26.0 Å². The maximum Gasteiger partial charge on any atom is 0.417 e. The molecule has 0 unspecified atom stereocenters. The number of rotatable bonds is 11. The molecule has 28 heteroatoms. The van der Waals surface area contributed by atoms with Crippen molar-refractivity contribution < 1.29 is 70.7 Å². The summed E-state index contributed by atoms with van der Waals surface area (Å²) in [5.41, 5.74) is -0.797. The molecule has 24 nitrogen and oxygen atoms in total. The third-order valence-electron chi connectivity index (χ3n) is 22.2. The minimum Gasteiger partial charge on any atom is -0.347 e. The molecule has 556 valence electrons. The molecule has 3 aliphatic heterocycles. The molecule has 6 aliphatic rings. The van der Waals surface area contributed by atoms with Gasteiger partial charge in [0, 0.05) is 68.8 Å². The molecular formula is C73H104ClF3N12O12. The molecule has 10 atom stereocenters. The number of benzene rings is 2. The van der Waals surface area contributed by atoms with Crippen LogP contribution in [0.1, 0.15) is 165 Å². The van der Waals surface area contributed by atoms with E-state index >= 15 is 24.0 Å². The molecule has 2 aromatic rings. The lowest BCUT2D eigenvalue weighted by atomic mass is 9.90. The molecule has 0 aromatic heterocycles. The van der Waals surface area contributed by atoms with Gasteiger partial charge < -0.3 is 60.5 Å². The first-order chi connectivity index (χ1) is 47.7. The van der Waals surface area contributed by atoms with Crippen LogP contribution in [0.2, 0.25) is 5.02 Å². The van der Waals surface area contributed by atoms with Crippen molar-refractivity contribution in [2.75, 3.05) is 69.0 Å². The maximum absolute atomic E-state index is 15.6. The van der Waals surface area contributed by atoms with Gasteiger partial charge in [-0.2, -0.15) is 13.2 Å². The third kappa shape index (κ3) is 18.5. The first-order valence-corrected chi connectivity index (χ1v) is 36.3. The van der Waals surface area contributed by atoms with Gasteiger partial charge in [-0.3, -0.25) is 57.5 Å². The standard InChI is InChI=1S/C73H104ClF3N12O12/c1-12-44(3)60-64(94)78-45(4)65(95)89-37-33-54(89)69(99)85(9)56(40-48-27-25-43(2)26-28-48)68(98)83(7)42-58(90)79-52(32-30-47-29-31-50(51(74)38-47)73(75,76)77)66(96)88-36-19-24-53(88)63(93)81-72(34-17-18-35-72)71(101)87(11)61(49-22-15-16-23-49)70(100)86(10)57(67(97)82(5)6)41-59(91)84(8)55(62(92)80-60)39-46-20-13-14-21-46/h25-29,31,38,44-46,49,52-57,60-61H,12-24,30,32-37,39-42H2,1-11H3,(H,78,94)(H,79,90)(H,80,92)(H,81,93)/t44-,45-,52-,53-,54-,55-,56-,57-,60-,61-/m0/s1. The van der Waals surface area contributed by atoms with E-state index in [1.165, 1.54) is 96.6 Å². The maximum atomic E-state index is 15.6. The number of amides is 12. The molecule has 3 saturated heterocycles. The summed E-state index contributed by atoms with van der Waals surface area (Å²) in [6.07, 6.45) is 2.83. The Balaban J connectivity index is 1.17. The van der Waals surface area contributed by atoms with Crippen molar-refractivity contribution in [2.24, 2.45) is 17.8 Å². The zero-order valence-electron chi connectivity index (χ0n) is 60.4. The van der Waals surface area contributed by atoms with Gasteiger partial charge in [0.05, 0.1) is 23.6 Å². The van der Waals surface area contributed by atoms with Crippen LogP contribution in [0.25, 0.3) is 0 Å². The summed E-state index contributed by atoms with van der Waals surface area (Å²) in [6, 6.07) is -0.844. The highest BCUT2D eigenvalue weighted by Crippen LogP contribution is 2.39.